The summed E-state index contributed by atoms with van der Waals surface area (Å²) in [6.45, 7) is 2.82. The van der Waals surface area contributed by atoms with Crippen molar-refractivity contribution in [2.45, 2.75) is 25.2 Å². The zero-order chi connectivity index (χ0) is 19.2. The highest BCUT2D eigenvalue weighted by atomic mass is 32.1. The van der Waals surface area contributed by atoms with Gasteiger partial charge in [0, 0.05) is 31.4 Å². The summed E-state index contributed by atoms with van der Waals surface area (Å²) < 4.78 is 0. The van der Waals surface area contributed by atoms with E-state index in [1.807, 2.05) is 60.7 Å². The van der Waals surface area contributed by atoms with Crippen molar-refractivity contribution in [1.29, 1.82) is 0 Å². The lowest BCUT2D eigenvalue weighted by Crippen LogP contribution is -2.31. The van der Waals surface area contributed by atoms with E-state index in [0.29, 0.717) is 6.54 Å². The zero-order valence-corrected chi connectivity index (χ0v) is 16.7. The van der Waals surface area contributed by atoms with Crippen molar-refractivity contribution in [3.8, 4) is 0 Å². The molecule has 0 aliphatic carbocycles. The predicted molar refractivity (Wildman–Crippen MR) is 115 cm³/mol. The van der Waals surface area contributed by atoms with Gasteiger partial charge < -0.3 is 10.2 Å². The number of hydrogen-bond donors (Lipinski definition) is 1. The number of amides is 1. The van der Waals surface area contributed by atoms with Crippen molar-refractivity contribution in [1.82, 2.24) is 10.3 Å². The predicted octanol–water partition coefficient (Wildman–Crippen LogP) is 4.23. The molecule has 1 saturated heterocycles. The summed E-state index contributed by atoms with van der Waals surface area (Å²) in [5.41, 5.74) is 3.08. The van der Waals surface area contributed by atoms with Gasteiger partial charge in [-0.1, -0.05) is 60.7 Å². The first-order chi connectivity index (χ1) is 13.8. The third-order valence-electron chi connectivity index (χ3n) is 5.12. The molecule has 0 radical (unpaired) electrons. The van der Waals surface area contributed by atoms with Crippen LogP contribution in [0.3, 0.4) is 0 Å². The summed E-state index contributed by atoms with van der Waals surface area (Å²) in [5.74, 6) is -0.259. The van der Waals surface area contributed by atoms with Gasteiger partial charge in [-0.3, -0.25) is 4.79 Å². The molecule has 5 heteroatoms. The van der Waals surface area contributed by atoms with Crippen LogP contribution in [-0.4, -0.2) is 30.5 Å². The first-order valence-corrected chi connectivity index (χ1v) is 10.8. The molecule has 2 heterocycles. The van der Waals surface area contributed by atoms with Crippen LogP contribution in [0, 0.1) is 0 Å². The van der Waals surface area contributed by atoms with E-state index < -0.39 is 0 Å². The van der Waals surface area contributed by atoms with E-state index in [1.165, 1.54) is 12.8 Å². The Morgan fingerprint density at radius 1 is 1.00 bits per heavy atom. The molecule has 1 fully saturated rings. The van der Waals surface area contributed by atoms with E-state index >= 15 is 0 Å². The first-order valence-electron chi connectivity index (χ1n) is 9.88. The standard InChI is InChI=1S/C23H25N3OS/c27-22(21(18-9-3-1-4-10-18)19-11-5-2-6-12-19)24-14-13-20-17-28-23(25-20)26-15-7-8-16-26/h1-6,9-12,17,21H,7-8,13-16H2,(H,24,27). The Balaban J connectivity index is 1.39. The number of benzene rings is 2. The van der Waals surface area contributed by atoms with Crippen LogP contribution in [0.1, 0.15) is 35.6 Å². The zero-order valence-electron chi connectivity index (χ0n) is 15.9. The molecule has 0 atom stereocenters. The maximum Gasteiger partial charge on any atom is 0.232 e. The summed E-state index contributed by atoms with van der Waals surface area (Å²) in [4.78, 5) is 20.1. The summed E-state index contributed by atoms with van der Waals surface area (Å²) in [5, 5.41) is 6.35. The van der Waals surface area contributed by atoms with Crippen LogP contribution >= 0.6 is 11.3 Å². The van der Waals surface area contributed by atoms with E-state index in [0.717, 1.165) is 41.5 Å². The molecule has 0 saturated carbocycles. The van der Waals surface area contributed by atoms with Crippen LogP contribution < -0.4 is 10.2 Å². The number of hydrogen-bond acceptors (Lipinski definition) is 4. The van der Waals surface area contributed by atoms with Crippen LogP contribution in [0.5, 0.6) is 0 Å². The SMILES string of the molecule is O=C(NCCc1csc(N2CCCC2)n1)C(c1ccccc1)c1ccccc1. The number of thiazole rings is 1. The number of rotatable bonds is 7. The van der Waals surface area contributed by atoms with Crippen molar-refractivity contribution in [2.24, 2.45) is 0 Å². The molecule has 0 unspecified atom stereocenters. The van der Waals surface area contributed by atoms with Crippen molar-refractivity contribution in [2.75, 3.05) is 24.5 Å². The van der Waals surface area contributed by atoms with E-state index in [4.69, 9.17) is 4.98 Å². The molecule has 1 aliphatic rings. The van der Waals surface area contributed by atoms with Gasteiger partial charge in [-0.2, -0.15) is 0 Å². The highest BCUT2D eigenvalue weighted by Gasteiger charge is 2.22. The molecule has 4 nitrogen and oxygen atoms in total. The van der Waals surface area contributed by atoms with Crippen LogP contribution in [0.15, 0.2) is 66.0 Å². The minimum atomic E-state index is -0.294. The molecule has 144 valence electrons. The van der Waals surface area contributed by atoms with E-state index in [2.05, 4.69) is 15.6 Å². The quantitative estimate of drug-likeness (QED) is 0.655. The Kier molecular flexibility index (Phi) is 6.02. The number of carbonyl (C=O) groups excluding carboxylic acids is 1. The largest absolute Gasteiger partial charge is 0.355 e. The first kappa shape index (κ1) is 18.7. The lowest BCUT2D eigenvalue weighted by molar-refractivity contribution is -0.121. The van der Waals surface area contributed by atoms with Crippen LogP contribution in [-0.2, 0) is 11.2 Å². The Bertz CT molecular complexity index is 849. The molecule has 2 aromatic carbocycles. The van der Waals surface area contributed by atoms with Gasteiger partial charge in [0.2, 0.25) is 5.91 Å². The van der Waals surface area contributed by atoms with Gasteiger partial charge in [-0.15, -0.1) is 11.3 Å². The highest BCUT2D eigenvalue weighted by Crippen LogP contribution is 2.26. The lowest BCUT2D eigenvalue weighted by Gasteiger charge is -2.17. The van der Waals surface area contributed by atoms with Gasteiger partial charge in [0.1, 0.15) is 0 Å². The van der Waals surface area contributed by atoms with Gasteiger partial charge in [0.25, 0.3) is 0 Å². The molecule has 1 aromatic heterocycles. The summed E-state index contributed by atoms with van der Waals surface area (Å²) in [7, 11) is 0. The van der Waals surface area contributed by atoms with Gasteiger partial charge >= 0.3 is 0 Å². The van der Waals surface area contributed by atoms with E-state index in [1.54, 1.807) is 11.3 Å². The maximum absolute atomic E-state index is 13.0. The number of nitrogens with zero attached hydrogens (tertiary/aromatic N) is 2. The highest BCUT2D eigenvalue weighted by molar-refractivity contribution is 7.13. The van der Waals surface area contributed by atoms with Crippen molar-refractivity contribution in [3.63, 3.8) is 0 Å². The van der Waals surface area contributed by atoms with Crippen molar-refractivity contribution < 1.29 is 4.79 Å². The minimum absolute atomic E-state index is 0.0346. The van der Waals surface area contributed by atoms with Crippen molar-refractivity contribution >= 4 is 22.4 Å². The average molecular weight is 392 g/mol. The third kappa shape index (κ3) is 4.42. The maximum atomic E-state index is 13.0. The fraction of sp³-hybridized carbons (Fsp3) is 0.304. The fourth-order valence-electron chi connectivity index (χ4n) is 3.67. The average Bonchev–Trinajstić information content (AvgIpc) is 3.42. The molecule has 28 heavy (non-hydrogen) atoms. The summed E-state index contributed by atoms with van der Waals surface area (Å²) in [6, 6.07) is 19.9. The molecule has 0 bridgehead atoms. The second-order valence-electron chi connectivity index (χ2n) is 7.11. The minimum Gasteiger partial charge on any atom is -0.355 e. The summed E-state index contributed by atoms with van der Waals surface area (Å²) in [6.07, 6.45) is 3.27. The van der Waals surface area contributed by atoms with Crippen LogP contribution in [0.4, 0.5) is 5.13 Å². The van der Waals surface area contributed by atoms with Gasteiger partial charge in [-0.05, 0) is 24.0 Å². The second kappa shape index (κ2) is 9.02. The molecular formula is C23H25N3OS. The number of nitrogens with one attached hydrogen (secondary N) is 1. The Labute approximate surface area is 170 Å². The molecule has 3 aromatic rings. The topological polar surface area (TPSA) is 45.2 Å². The lowest BCUT2D eigenvalue weighted by atomic mass is 9.90. The summed E-state index contributed by atoms with van der Waals surface area (Å²) >= 11 is 1.71. The fourth-order valence-corrected chi connectivity index (χ4v) is 4.58. The Hall–Kier alpha value is -2.66. The Morgan fingerprint density at radius 2 is 1.61 bits per heavy atom. The molecule has 1 amide bonds. The van der Waals surface area contributed by atoms with E-state index in [-0.39, 0.29) is 11.8 Å². The Morgan fingerprint density at radius 3 is 2.21 bits per heavy atom. The van der Waals surface area contributed by atoms with Gasteiger partial charge in [0.15, 0.2) is 5.13 Å². The number of carbonyl (C=O) groups is 1. The van der Waals surface area contributed by atoms with E-state index in [9.17, 15) is 4.79 Å². The molecular weight excluding hydrogens is 366 g/mol. The monoisotopic (exact) mass is 391 g/mol. The third-order valence-corrected chi connectivity index (χ3v) is 6.07. The van der Waals surface area contributed by atoms with Gasteiger partial charge in [-0.25, -0.2) is 4.98 Å². The second-order valence-corrected chi connectivity index (χ2v) is 7.95. The molecule has 4 rings (SSSR count). The van der Waals surface area contributed by atoms with Crippen LogP contribution in [0.2, 0.25) is 0 Å². The normalized spacial score (nSPS) is 13.8. The van der Waals surface area contributed by atoms with Crippen LogP contribution in [0.25, 0.3) is 0 Å². The number of aromatic nitrogens is 1. The van der Waals surface area contributed by atoms with Crippen molar-refractivity contribution in [3.05, 3.63) is 82.9 Å². The number of anilines is 1. The molecule has 0 spiro atoms. The molecule has 1 aliphatic heterocycles. The smallest absolute Gasteiger partial charge is 0.232 e. The van der Waals surface area contributed by atoms with Gasteiger partial charge in [0.05, 0.1) is 11.6 Å². The molecule has 1 N–H and O–H groups in total.